The molecule has 0 aliphatic rings. The highest BCUT2D eigenvalue weighted by Gasteiger charge is 2.18. The lowest BCUT2D eigenvalue weighted by Crippen LogP contribution is -2.02. The van der Waals surface area contributed by atoms with E-state index in [1.54, 1.807) is 19.1 Å². The molecule has 0 radical (unpaired) electrons. The summed E-state index contributed by atoms with van der Waals surface area (Å²) in [6, 6.07) is 14.1. The van der Waals surface area contributed by atoms with Crippen molar-refractivity contribution in [3.8, 4) is 5.75 Å². The lowest BCUT2D eigenvalue weighted by Gasteiger charge is -2.10. The number of carbonyl (C=O) groups excluding carboxylic acids is 1. The number of esters is 1. The van der Waals surface area contributed by atoms with Crippen LogP contribution in [0.15, 0.2) is 54.6 Å². The van der Waals surface area contributed by atoms with Crippen molar-refractivity contribution in [2.75, 3.05) is 6.61 Å². The molecule has 0 heterocycles. The number of rotatable bonds is 8. The van der Waals surface area contributed by atoms with Gasteiger partial charge in [-0.2, -0.15) is 0 Å². The fraction of sp³-hybridized carbons (Fsp3) is 0.250. The van der Waals surface area contributed by atoms with E-state index < -0.39 is 10.9 Å². The molecule has 0 saturated heterocycles. The lowest BCUT2D eigenvalue weighted by atomic mass is 10.0. The van der Waals surface area contributed by atoms with Crippen molar-refractivity contribution in [1.29, 1.82) is 0 Å². The van der Waals surface area contributed by atoms with Gasteiger partial charge < -0.3 is 9.47 Å². The maximum absolute atomic E-state index is 11.7. The maximum atomic E-state index is 11.7. The Hall–Kier alpha value is -3.15. The van der Waals surface area contributed by atoms with Gasteiger partial charge >= 0.3 is 11.7 Å². The number of allylic oxidation sites excluding steroid dienone is 1. The second-order valence-electron chi connectivity index (χ2n) is 5.49. The third kappa shape index (κ3) is 5.17. The predicted molar refractivity (Wildman–Crippen MR) is 98.8 cm³/mol. The van der Waals surface area contributed by atoms with Crippen molar-refractivity contribution in [2.24, 2.45) is 0 Å². The highest BCUT2D eigenvalue weighted by atomic mass is 16.6. The number of hydrogen-bond donors (Lipinski definition) is 0. The van der Waals surface area contributed by atoms with Crippen LogP contribution in [0.1, 0.15) is 31.4 Å². The Labute approximate surface area is 152 Å². The molecule has 0 fully saturated rings. The number of nitrogens with zero attached hydrogens (tertiary/aromatic N) is 1. The zero-order chi connectivity index (χ0) is 18.9. The lowest BCUT2D eigenvalue weighted by molar-refractivity contribution is -0.386. The first-order valence-corrected chi connectivity index (χ1v) is 8.38. The Kier molecular flexibility index (Phi) is 6.91. The second-order valence-corrected chi connectivity index (χ2v) is 5.49. The highest BCUT2D eigenvalue weighted by Crippen LogP contribution is 2.32. The summed E-state index contributed by atoms with van der Waals surface area (Å²) in [6.07, 6.45) is 1.91. The molecule has 0 aliphatic heterocycles. The van der Waals surface area contributed by atoms with Crippen LogP contribution >= 0.6 is 0 Å². The molecule has 2 aromatic carbocycles. The quantitative estimate of drug-likeness (QED) is 0.301. The van der Waals surface area contributed by atoms with Gasteiger partial charge in [-0.15, -0.1) is 0 Å². The summed E-state index contributed by atoms with van der Waals surface area (Å²) in [4.78, 5) is 22.6. The topological polar surface area (TPSA) is 78.7 Å². The average Bonchev–Trinajstić information content (AvgIpc) is 2.65. The summed E-state index contributed by atoms with van der Waals surface area (Å²) in [7, 11) is 0. The van der Waals surface area contributed by atoms with Gasteiger partial charge in [0.05, 0.1) is 11.5 Å². The Morgan fingerprint density at radius 3 is 2.50 bits per heavy atom. The summed E-state index contributed by atoms with van der Waals surface area (Å²) in [6.45, 7) is 4.11. The van der Waals surface area contributed by atoms with E-state index >= 15 is 0 Å². The van der Waals surface area contributed by atoms with Crippen molar-refractivity contribution in [1.82, 2.24) is 0 Å². The highest BCUT2D eigenvalue weighted by molar-refractivity contribution is 5.91. The summed E-state index contributed by atoms with van der Waals surface area (Å²) in [5, 5.41) is 11.4. The zero-order valence-corrected chi connectivity index (χ0v) is 14.8. The summed E-state index contributed by atoms with van der Waals surface area (Å²) >= 11 is 0. The van der Waals surface area contributed by atoms with Gasteiger partial charge in [-0.25, -0.2) is 4.79 Å². The minimum absolute atomic E-state index is 0.137. The Bertz CT molecular complexity index is 799. The molecule has 0 saturated carbocycles. The van der Waals surface area contributed by atoms with Crippen LogP contribution in [-0.2, 0) is 16.1 Å². The molecule has 0 amide bonds. The SMILES string of the molecule is CCOC(=O)/C=C(/CC)c1ccc(OCc2ccccc2)c([N+](=O)[O-])c1. The monoisotopic (exact) mass is 355 g/mol. The second kappa shape index (κ2) is 9.36. The molecule has 0 aromatic heterocycles. The van der Waals surface area contributed by atoms with E-state index in [9.17, 15) is 14.9 Å². The first-order valence-electron chi connectivity index (χ1n) is 8.38. The normalized spacial score (nSPS) is 11.1. The smallest absolute Gasteiger partial charge is 0.331 e. The van der Waals surface area contributed by atoms with Crippen LogP contribution in [-0.4, -0.2) is 17.5 Å². The molecule has 6 nitrogen and oxygen atoms in total. The molecule has 0 bridgehead atoms. The largest absolute Gasteiger partial charge is 0.482 e. The molecule has 0 spiro atoms. The van der Waals surface area contributed by atoms with Gasteiger partial charge in [-0.1, -0.05) is 43.3 Å². The van der Waals surface area contributed by atoms with Crippen LogP contribution in [0.4, 0.5) is 5.69 Å². The van der Waals surface area contributed by atoms with Gasteiger partial charge in [0, 0.05) is 12.1 Å². The predicted octanol–water partition coefficient (Wildman–Crippen LogP) is 4.53. The van der Waals surface area contributed by atoms with Crippen LogP contribution in [0, 0.1) is 10.1 Å². The van der Waals surface area contributed by atoms with E-state index in [0.29, 0.717) is 17.6 Å². The van der Waals surface area contributed by atoms with E-state index in [1.165, 1.54) is 12.1 Å². The van der Waals surface area contributed by atoms with Crippen molar-refractivity contribution in [2.45, 2.75) is 26.9 Å². The summed E-state index contributed by atoms with van der Waals surface area (Å²) in [5.41, 5.74) is 2.05. The van der Waals surface area contributed by atoms with Gasteiger partial charge in [-0.05, 0) is 36.1 Å². The van der Waals surface area contributed by atoms with Gasteiger partial charge in [0.2, 0.25) is 0 Å². The van der Waals surface area contributed by atoms with Crippen LogP contribution in [0.25, 0.3) is 5.57 Å². The summed E-state index contributed by atoms with van der Waals surface area (Å²) < 4.78 is 10.5. The van der Waals surface area contributed by atoms with Crippen molar-refractivity contribution < 1.29 is 19.2 Å². The number of nitro groups is 1. The molecule has 136 valence electrons. The van der Waals surface area contributed by atoms with Crippen LogP contribution in [0.5, 0.6) is 5.75 Å². The molecule has 26 heavy (non-hydrogen) atoms. The molecule has 0 aliphatic carbocycles. The van der Waals surface area contributed by atoms with Crippen molar-refractivity contribution in [3.63, 3.8) is 0 Å². The fourth-order valence-electron chi connectivity index (χ4n) is 2.43. The molecule has 2 rings (SSSR count). The molecular weight excluding hydrogens is 334 g/mol. The number of nitro benzene ring substituents is 1. The minimum atomic E-state index is -0.485. The number of benzene rings is 2. The van der Waals surface area contributed by atoms with Gasteiger partial charge in [0.25, 0.3) is 0 Å². The average molecular weight is 355 g/mol. The van der Waals surface area contributed by atoms with E-state index in [2.05, 4.69) is 0 Å². The van der Waals surface area contributed by atoms with Crippen molar-refractivity contribution in [3.05, 3.63) is 75.8 Å². The minimum Gasteiger partial charge on any atom is -0.482 e. The van der Waals surface area contributed by atoms with Gasteiger partial charge in [-0.3, -0.25) is 10.1 Å². The molecule has 0 N–H and O–H groups in total. The third-order valence-electron chi connectivity index (χ3n) is 3.72. The van der Waals surface area contributed by atoms with E-state index in [0.717, 1.165) is 5.56 Å². The standard InChI is InChI=1S/C20H21NO5/c1-3-16(13-20(22)25-4-2)17-10-11-19(18(12-17)21(23)24)26-14-15-8-6-5-7-9-15/h5-13H,3-4,14H2,1-2H3/b16-13-. The van der Waals surface area contributed by atoms with Crippen LogP contribution in [0.2, 0.25) is 0 Å². The number of hydrogen-bond acceptors (Lipinski definition) is 5. The Morgan fingerprint density at radius 1 is 1.15 bits per heavy atom. The van der Waals surface area contributed by atoms with Gasteiger partial charge in [0.15, 0.2) is 5.75 Å². The Balaban J connectivity index is 2.27. The Morgan fingerprint density at radius 2 is 1.88 bits per heavy atom. The first kappa shape index (κ1) is 19.2. The third-order valence-corrected chi connectivity index (χ3v) is 3.72. The molecule has 0 unspecified atom stereocenters. The van der Waals surface area contributed by atoms with E-state index in [4.69, 9.17) is 9.47 Å². The van der Waals surface area contributed by atoms with E-state index in [-0.39, 0.29) is 24.7 Å². The first-order chi connectivity index (χ1) is 12.5. The molecule has 6 heteroatoms. The zero-order valence-electron chi connectivity index (χ0n) is 14.8. The molecular formula is C20H21NO5. The van der Waals surface area contributed by atoms with Crippen LogP contribution in [0.3, 0.4) is 0 Å². The maximum Gasteiger partial charge on any atom is 0.331 e. The summed E-state index contributed by atoms with van der Waals surface area (Å²) in [5.74, 6) is -0.273. The van der Waals surface area contributed by atoms with Crippen molar-refractivity contribution >= 4 is 17.2 Å². The van der Waals surface area contributed by atoms with Crippen LogP contribution < -0.4 is 4.74 Å². The molecule has 0 atom stereocenters. The van der Waals surface area contributed by atoms with E-state index in [1.807, 2.05) is 37.3 Å². The number of carbonyl (C=O) groups is 1. The fourth-order valence-corrected chi connectivity index (χ4v) is 2.43. The number of ether oxygens (including phenoxy) is 2. The molecule has 2 aromatic rings. The van der Waals surface area contributed by atoms with Gasteiger partial charge in [0.1, 0.15) is 6.61 Å².